The van der Waals surface area contributed by atoms with Gasteiger partial charge in [0, 0.05) is 5.56 Å². The Bertz CT molecular complexity index is 373. The number of carbonyl (C=O) groups is 1. The molecule has 0 saturated heterocycles. The van der Waals surface area contributed by atoms with E-state index in [1.165, 1.54) is 6.92 Å². The maximum Gasteiger partial charge on any atom is 0.186 e. The lowest BCUT2D eigenvalue weighted by Gasteiger charge is -2.12. The maximum atomic E-state index is 11.3. The highest BCUT2D eigenvalue weighted by molar-refractivity contribution is 5.97. The molecule has 0 fully saturated rings. The van der Waals surface area contributed by atoms with Crippen molar-refractivity contribution in [3.05, 3.63) is 28.8 Å². The van der Waals surface area contributed by atoms with Gasteiger partial charge in [-0.15, -0.1) is 0 Å². The Hall–Kier alpha value is -1.39. The zero-order chi connectivity index (χ0) is 12.3. The molecule has 0 radical (unpaired) electrons. The fourth-order valence-electron chi connectivity index (χ4n) is 1.73. The van der Waals surface area contributed by atoms with Crippen molar-refractivity contribution in [1.29, 1.82) is 0 Å². The summed E-state index contributed by atoms with van der Waals surface area (Å²) in [6, 6.07) is 3.43. The van der Waals surface area contributed by atoms with Crippen LogP contribution in [0.4, 0.5) is 0 Å². The number of ether oxygens (including phenoxy) is 1. The number of ketones is 1. The summed E-state index contributed by atoms with van der Waals surface area (Å²) in [6.07, 6.45) is -1.49. The van der Waals surface area contributed by atoms with E-state index in [0.29, 0.717) is 11.3 Å². The molecule has 0 atom stereocenters. The van der Waals surface area contributed by atoms with Crippen molar-refractivity contribution < 1.29 is 19.7 Å². The molecule has 1 rings (SSSR count). The average molecular weight is 224 g/mol. The number of aryl methyl sites for hydroxylation is 2. The van der Waals surface area contributed by atoms with Crippen LogP contribution in [-0.2, 0) is 0 Å². The van der Waals surface area contributed by atoms with Crippen LogP contribution in [0.5, 0.6) is 5.75 Å². The second-order valence-corrected chi connectivity index (χ2v) is 3.78. The molecule has 4 heteroatoms. The van der Waals surface area contributed by atoms with Crippen molar-refractivity contribution in [2.24, 2.45) is 0 Å². The predicted molar refractivity (Wildman–Crippen MR) is 59.6 cm³/mol. The number of aliphatic hydroxyl groups excluding tert-OH is 1. The topological polar surface area (TPSA) is 66.8 Å². The number of carbonyl (C=O) groups excluding carboxylic acids is 1. The van der Waals surface area contributed by atoms with Crippen LogP contribution in [0.3, 0.4) is 0 Å². The quantitative estimate of drug-likeness (QED) is 0.595. The molecule has 0 aliphatic carbocycles. The normalized spacial score (nSPS) is 10.6. The van der Waals surface area contributed by atoms with Gasteiger partial charge in [0.15, 0.2) is 12.1 Å². The Balaban J connectivity index is 2.96. The van der Waals surface area contributed by atoms with E-state index in [1.54, 1.807) is 12.1 Å². The van der Waals surface area contributed by atoms with Gasteiger partial charge in [0.1, 0.15) is 12.4 Å². The van der Waals surface area contributed by atoms with Gasteiger partial charge in [0.25, 0.3) is 0 Å². The Kier molecular flexibility index (Phi) is 4.04. The van der Waals surface area contributed by atoms with Gasteiger partial charge in [-0.3, -0.25) is 4.79 Å². The SMILES string of the molecule is CC(=O)c1c(C)cc(OCC(O)O)cc1C. The molecule has 0 heterocycles. The highest BCUT2D eigenvalue weighted by Gasteiger charge is 2.10. The van der Waals surface area contributed by atoms with Crippen LogP contribution in [0.25, 0.3) is 0 Å². The first-order valence-electron chi connectivity index (χ1n) is 5.03. The fraction of sp³-hybridized carbons (Fsp3) is 0.417. The van der Waals surface area contributed by atoms with E-state index in [0.717, 1.165) is 11.1 Å². The minimum absolute atomic E-state index is 0.0174. The molecular formula is C12H16O4. The summed E-state index contributed by atoms with van der Waals surface area (Å²) in [4.78, 5) is 11.3. The Labute approximate surface area is 94.5 Å². The molecule has 0 spiro atoms. The van der Waals surface area contributed by atoms with Gasteiger partial charge in [-0.2, -0.15) is 0 Å². The van der Waals surface area contributed by atoms with Crippen LogP contribution in [0.1, 0.15) is 28.4 Å². The summed E-state index contributed by atoms with van der Waals surface area (Å²) in [5.74, 6) is 0.553. The third-order valence-corrected chi connectivity index (χ3v) is 2.26. The van der Waals surface area contributed by atoms with Gasteiger partial charge >= 0.3 is 0 Å². The molecular weight excluding hydrogens is 208 g/mol. The van der Waals surface area contributed by atoms with E-state index < -0.39 is 6.29 Å². The highest BCUT2D eigenvalue weighted by Crippen LogP contribution is 2.22. The minimum atomic E-state index is -1.49. The Morgan fingerprint density at radius 3 is 2.19 bits per heavy atom. The fourth-order valence-corrected chi connectivity index (χ4v) is 1.73. The number of hydrogen-bond donors (Lipinski definition) is 2. The van der Waals surface area contributed by atoms with Crippen molar-refractivity contribution in [2.75, 3.05) is 6.61 Å². The summed E-state index contributed by atoms with van der Waals surface area (Å²) in [5.41, 5.74) is 2.35. The van der Waals surface area contributed by atoms with Crippen LogP contribution < -0.4 is 4.74 Å². The third-order valence-electron chi connectivity index (χ3n) is 2.26. The summed E-state index contributed by atoms with van der Waals surface area (Å²) in [7, 11) is 0. The van der Waals surface area contributed by atoms with Gasteiger partial charge in [0.2, 0.25) is 0 Å². The van der Waals surface area contributed by atoms with E-state index in [9.17, 15) is 4.79 Å². The molecule has 0 aliphatic heterocycles. The van der Waals surface area contributed by atoms with E-state index in [2.05, 4.69) is 0 Å². The first-order valence-corrected chi connectivity index (χ1v) is 5.03. The monoisotopic (exact) mass is 224 g/mol. The third kappa shape index (κ3) is 3.05. The van der Waals surface area contributed by atoms with Gasteiger partial charge in [-0.05, 0) is 44.0 Å². The maximum absolute atomic E-state index is 11.3. The van der Waals surface area contributed by atoms with Crippen molar-refractivity contribution in [3.8, 4) is 5.75 Å². The summed E-state index contributed by atoms with van der Waals surface area (Å²) in [5, 5.41) is 17.3. The Morgan fingerprint density at radius 1 is 1.31 bits per heavy atom. The smallest absolute Gasteiger partial charge is 0.186 e. The second-order valence-electron chi connectivity index (χ2n) is 3.78. The molecule has 1 aromatic rings. The molecule has 0 aliphatic rings. The summed E-state index contributed by atoms with van der Waals surface area (Å²) >= 11 is 0. The van der Waals surface area contributed by atoms with E-state index >= 15 is 0 Å². The van der Waals surface area contributed by atoms with Crippen molar-refractivity contribution in [2.45, 2.75) is 27.1 Å². The van der Waals surface area contributed by atoms with Gasteiger partial charge in [0.05, 0.1) is 0 Å². The first-order chi connectivity index (χ1) is 7.41. The largest absolute Gasteiger partial charge is 0.488 e. The number of aliphatic hydroxyl groups is 2. The highest BCUT2D eigenvalue weighted by atomic mass is 16.5. The van der Waals surface area contributed by atoms with Gasteiger partial charge in [-0.1, -0.05) is 0 Å². The van der Waals surface area contributed by atoms with E-state index in [4.69, 9.17) is 14.9 Å². The second kappa shape index (κ2) is 5.09. The first kappa shape index (κ1) is 12.7. The molecule has 0 aromatic heterocycles. The molecule has 0 saturated carbocycles. The van der Waals surface area contributed by atoms with Crippen molar-refractivity contribution >= 4 is 5.78 Å². The molecule has 0 bridgehead atoms. The standard InChI is InChI=1S/C12H16O4/c1-7-4-10(16-6-11(14)15)5-8(2)12(7)9(3)13/h4-5,11,14-15H,6H2,1-3H3. The number of rotatable bonds is 4. The molecule has 88 valence electrons. The zero-order valence-electron chi connectivity index (χ0n) is 9.65. The van der Waals surface area contributed by atoms with Crippen LogP contribution in [0.2, 0.25) is 0 Å². The van der Waals surface area contributed by atoms with Crippen LogP contribution >= 0.6 is 0 Å². The molecule has 0 amide bonds. The lowest BCUT2D eigenvalue weighted by atomic mass is 9.99. The van der Waals surface area contributed by atoms with Crippen LogP contribution in [0, 0.1) is 13.8 Å². The van der Waals surface area contributed by atoms with Crippen LogP contribution in [-0.4, -0.2) is 28.9 Å². The Morgan fingerprint density at radius 2 is 1.81 bits per heavy atom. The number of Topliss-reactive ketones (excluding diaryl/α,β-unsaturated/α-hetero) is 1. The minimum Gasteiger partial charge on any atom is -0.488 e. The summed E-state index contributed by atoms with van der Waals surface area (Å²) in [6.45, 7) is 4.99. The van der Waals surface area contributed by atoms with Crippen LogP contribution in [0.15, 0.2) is 12.1 Å². The molecule has 16 heavy (non-hydrogen) atoms. The predicted octanol–water partition coefficient (Wildman–Crippen LogP) is 1.20. The molecule has 0 unspecified atom stereocenters. The molecule has 2 N–H and O–H groups in total. The summed E-state index contributed by atoms with van der Waals surface area (Å²) < 4.78 is 5.15. The van der Waals surface area contributed by atoms with Gasteiger partial charge in [-0.25, -0.2) is 0 Å². The van der Waals surface area contributed by atoms with E-state index in [-0.39, 0.29) is 12.4 Å². The molecule has 1 aromatic carbocycles. The zero-order valence-corrected chi connectivity index (χ0v) is 9.65. The van der Waals surface area contributed by atoms with Crippen molar-refractivity contribution in [3.63, 3.8) is 0 Å². The number of hydrogen-bond acceptors (Lipinski definition) is 4. The average Bonchev–Trinajstić information content (AvgIpc) is 2.12. The number of benzene rings is 1. The van der Waals surface area contributed by atoms with Crippen molar-refractivity contribution in [1.82, 2.24) is 0 Å². The lowest BCUT2D eigenvalue weighted by Crippen LogP contribution is -2.16. The molecule has 4 nitrogen and oxygen atoms in total. The van der Waals surface area contributed by atoms with E-state index in [1.807, 2.05) is 13.8 Å². The van der Waals surface area contributed by atoms with Gasteiger partial charge < -0.3 is 14.9 Å². The lowest BCUT2D eigenvalue weighted by molar-refractivity contribution is -0.0680.